The van der Waals surface area contributed by atoms with Gasteiger partial charge >= 0.3 is 11.9 Å². The van der Waals surface area contributed by atoms with E-state index in [-0.39, 0.29) is 79.0 Å². The molecule has 0 saturated heterocycles. The van der Waals surface area contributed by atoms with Crippen LogP contribution in [0.25, 0.3) is 21.8 Å². The standard InChI is InChI=1S/C28H36N3O3.C26H33N4O3.2ClH/c1-4-28(14-8-5-9-15-28)27(33)34-19-31-17-16-30(20(31)2)18-21-12-13-24-25(26(21)32)22-10-6-7-11-23(22)29(24)3;1-18-29(14-15-30(18)17-33-25(32)26(27)12-6-3-7-13-26)16-19-10-11-22-23(24(19)31)20-8-4-5-9-21(20)28(22)2;;/h6-7,10-11,16-17,21H,4-5,8-9,12-15,18-19H2,1-3H3;4-5,8-9,14-15,19H,3,6-7,10-13,16-17,27H2,1-2H3;2*1H/q2*+1;;. The first-order valence-corrected chi connectivity index (χ1v) is 24.8. The molecule has 370 valence electrons. The Bertz CT molecular complexity index is 2840. The average molecular weight is 985 g/mol. The highest BCUT2D eigenvalue weighted by Crippen LogP contribution is 2.41. The topological polar surface area (TPSA) is 140 Å². The number of hydrogen-bond acceptors (Lipinski definition) is 7. The van der Waals surface area contributed by atoms with Crippen molar-refractivity contribution in [1.29, 1.82) is 0 Å². The average Bonchev–Trinajstić information content (AvgIpc) is 4.07. The zero-order valence-electron chi connectivity index (χ0n) is 41.0. The van der Waals surface area contributed by atoms with Crippen LogP contribution in [-0.2, 0) is 72.6 Å². The molecule has 13 nitrogen and oxygen atoms in total. The fourth-order valence-corrected chi connectivity index (χ4v) is 11.8. The first-order valence-electron chi connectivity index (χ1n) is 24.8. The smallest absolute Gasteiger partial charge is 0.329 e. The molecule has 4 aromatic heterocycles. The molecule has 4 aliphatic carbocycles. The van der Waals surface area contributed by atoms with E-state index < -0.39 is 5.54 Å². The Morgan fingerprint density at radius 3 is 1.52 bits per heavy atom. The summed E-state index contributed by atoms with van der Waals surface area (Å²) in [6.45, 7) is 7.75. The van der Waals surface area contributed by atoms with Gasteiger partial charge in [-0.25, -0.2) is 13.9 Å². The van der Waals surface area contributed by atoms with Gasteiger partial charge in [-0.15, -0.1) is 24.8 Å². The van der Waals surface area contributed by atoms with Gasteiger partial charge in [0.05, 0.1) is 17.3 Å². The molecule has 0 spiro atoms. The minimum absolute atomic E-state index is 0. The Labute approximate surface area is 418 Å². The summed E-state index contributed by atoms with van der Waals surface area (Å²) in [6, 6.07) is 16.3. The maximum Gasteiger partial charge on any atom is 0.329 e. The van der Waals surface area contributed by atoms with Crippen molar-refractivity contribution in [2.75, 3.05) is 0 Å². The Morgan fingerprint density at radius 1 is 0.652 bits per heavy atom. The molecular formula is C54H71Cl2N7O6+2. The highest BCUT2D eigenvalue weighted by Gasteiger charge is 2.41. The molecule has 2 unspecified atom stereocenters. The second kappa shape index (κ2) is 21.4. The fourth-order valence-electron chi connectivity index (χ4n) is 11.8. The number of imidazole rings is 2. The molecule has 2 fully saturated rings. The predicted molar refractivity (Wildman–Crippen MR) is 269 cm³/mol. The third kappa shape index (κ3) is 9.80. The van der Waals surface area contributed by atoms with Crippen molar-refractivity contribution in [3.8, 4) is 0 Å². The Kier molecular flexibility index (Phi) is 16.0. The minimum atomic E-state index is -0.847. The van der Waals surface area contributed by atoms with Crippen LogP contribution in [0, 0.1) is 31.1 Å². The molecule has 15 heteroatoms. The SMILES string of the molecule is CCC1(C(=O)OC[n+]2ccn(CC3CCc4c(c5ccccc5n4C)C3=O)c2C)CCCCC1.Cc1n(CC2CCc3c(c4ccccc4n3C)C2=O)cc[n+]1COC(=O)C1(N)CCCCC1.Cl.Cl. The highest BCUT2D eigenvalue weighted by molar-refractivity contribution is 6.12. The molecular weight excluding hydrogens is 914 g/mol. The van der Waals surface area contributed by atoms with Crippen LogP contribution in [0.3, 0.4) is 0 Å². The van der Waals surface area contributed by atoms with Crippen molar-refractivity contribution in [3.05, 3.63) is 107 Å². The second-order valence-electron chi connectivity index (χ2n) is 20.0. The Morgan fingerprint density at radius 2 is 1.07 bits per heavy atom. The maximum atomic E-state index is 13.5. The van der Waals surface area contributed by atoms with E-state index in [2.05, 4.69) is 50.4 Å². The van der Waals surface area contributed by atoms with Gasteiger partial charge in [-0.3, -0.25) is 14.4 Å². The van der Waals surface area contributed by atoms with E-state index in [9.17, 15) is 19.2 Å². The molecule has 0 aliphatic heterocycles. The number of fused-ring (bicyclic) bond motifs is 6. The van der Waals surface area contributed by atoms with Crippen LogP contribution in [0.2, 0.25) is 0 Å². The molecule has 0 radical (unpaired) electrons. The van der Waals surface area contributed by atoms with Crippen molar-refractivity contribution in [2.45, 2.75) is 149 Å². The number of halogens is 2. The number of esters is 2. The summed E-state index contributed by atoms with van der Waals surface area (Å²) in [5, 5.41) is 2.11. The number of ether oxygens (including phenoxy) is 2. The summed E-state index contributed by atoms with van der Waals surface area (Å²) in [6.07, 6.45) is 21.9. The van der Waals surface area contributed by atoms with Crippen LogP contribution < -0.4 is 14.9 Å². The van der Waals surface area contributed by atoms with Crippen molar-refractivity contribution < 1.29 is 37.8 Å². The van der Waals surface area contributed by atoms with Crippen molar-refractivity contribution in [2.24, 2.45) is 37.1 Å². The third-order valence-corrected chi connectivity index (χ3v) is 16.2. The summed E-state index contributed by atoms with van der Waals surface area (Å²) in [5.41, 5.74) is 11.5. The van der Waals surface area contributed by atoms with Gasteiger partial charge in [-0.1, -0.05) is 81.8 Å². The number of aromatic nitrogens is 6. The number of rotatable bonds is 11. The lowest BCUT2D eigenvalue weighted by Gasteiger charge is -2.33. The van der Waals surface area contributed by atoms with Gasteiger partial charge in [0.25, 0.3) is 11.6 Å². The number of carbonyl (C=O) groups is 4. The lowest BCUT2D eigenvalue weighted by molar-refractivity contribution is -0.733. The number of ketones is 2. The minimum Gasteiger partial charge on any atom is -0.424 e. The van der Waals surface area contributed by atoms with E-state index in [0.29, 0.717) is 25.9 Å². The molecule has 10 rings (SSSR count). The van der Waals surface area contributed by atoms with Gasteiger partial charge in [-0.2, -0.15) is 9.13 Å². The van der Waals surface area contributed by atoms with Crippen LogP contribution in [-0.4, -0.2) is 47.3 Å². The molecule has 0 bridgehead atoms. The van der Waals surface area contributed by atoms with Crippen LogP contribution in [0.15, 0.2) is 73.3 Å². The number of Topliss-reactive ketones (excluding diaryl/α,β-unsaturated/α-hetero) is 2. The molecule has 4 heterocycles. The normalized spacial score (nSPS) is 19.4. The fraction of sp³-hybridized carbons (Fsp3) is 0.519. The molecule has 2 atom stereocenters. The van der Waals surface area contributed by atoms with Gasteiger partial charge < -0.3 is 24.3 Å². The number of carbonyl (C=O) groups excluding carboxylic acids is 4. The lowest BCUT2D eigenvalue weighted by Crippen LogP contribution is -2.52. The number of benzene rings is 2. The van der Waals surface area contributed by atoms with E-state index in [4.69, 9.17) is 15.2 Å². The molecule has 2 N–H and O–H groups in total. The molecule has 6 aromatic rings. The van der Waals surface area contributed by atoms with Crippen molar-refractivity contribution in [1.82, 2.24) is 18.3 Å². The van der Waals surface area contributed by atoms with Gasteiger partial charge in [-0.05, 0) is 69.9 Å². The second-order valence-corrected chi connectivity index (χ2v) is 20.0. The third-order valence-electron chi connectivity index (χ3n) is 16.2. The van der Waals surface area contributed by atoms with Gasteiger partial charge in [0.1, 0.15) is 43.4 Å². The van der Waals surface area contributed by atoms with Crippen molar-refractivity contribution >= 4 is 70.1 Å². The van der Waals surface area contributed by atoms with E-state index in [0.717, 1.165) is 133 Å². The van der Waals surface area contributed by atoms with Gasteiger partial charge in [0, 0.05) is 72.3 Å². The Hall–Kier alpha value is -5.24. The summed E-state index contributed by atoms with van der Waals surface area (Å²) in [7, 11) is 4.11. The zero-order chi connectivity index (χ0) is 47.0. The largest absolute Gasteiger partial charge is 0.424 e. The molecule has 0 amide bonds. The van der Waals surface area contributed by atoms with E-state index >= 15 is 0 Å². The van der Waals surface area contributed by atoms with Gasteiger partial charge in [0.2, 0.25) is 13.5 Å². The summed E-state index contributed by atoms with van der Waals surface area (Å²) < 4.78 is 23.8. The first-order chi connectivity index (χ1) is 32.3. The predicted octanol–water partition coefficient (Wildman–Crippen LogP) is 8.91. The molecule has 4 aliphatic rings. The van der Waals surface area contributed by atoms with Gasteiger partial charge in [0.15, 0.2) is 11.6 Å². The Balaban J connectivity index is 0.000000198. The number of nitrogens with zero attached hydrogens (tertiary/aromatic N) is 6. The summed E-state index contributed by atoms with van der Waals surface area (Å²) in [5.74, 6) is 1.93. The highest BCUT2D eigenvalue weighted by atomic mass is 35.5. The number of aryl methyl sites for hydroxylation is 2. The van der Waals surface area contributed by atoms with Crippen LogP contribution in [0.4, 0.5) is 0 Å². The molecule has 2 aromatic carbocycles. The van der Waals surface area contributed by atoms with Crippen LogP contribution >= 0.6 is 24.8 Å². The monoisotopic (exact) mass is 983 g/mol. The van der Waals surface area contributed by atoms with E-state index in [1.807, 2.05) is 85.1 Å². The van der Waals surface area contributed by atoms with E-state index in [1.165, 1.54) is 6.42 Å². The summed E-state index contributed by atoms with van der Waals surface area (Å²) in [4.78, 5) is 52.5. The number of hydrogen-bond donors (Lipinski definition) is 1. The molecule has 2 saturated carbocycles. The first kappa shape index (κ1) is 51.6. The van der Waals surface area contributed by atoms with Crippen molar-refractivity contribution in [3.63, 3.8) is 0 Å². The molecule has 69 heavy (non-hydrogen) atoms. The summed E-state index contributed by atoms with van der Waals surface area (Å²) >= 11 is 0. The van der Waals surface area contributed by atoms with E-state index in [1.54, 1.807) is 0 Å². The lowest BCUT2D eigenvalue weighted by atomic mass is 9.72. The van der Waals surface area contributed by atoms with Crippen LogP contribution in [0.1, 0.15) is 134 Å². The zero-order valence-corrected chi connectivity index (χ0v) is 42.7. The number of para-hydroxylation sites is 2. The number of nitrogens with two attached hydrogens (primary N) is 1. The maximum absolute atomic E-state index is 13.5. The quantitative estimate of drug-likeness (QED) is 0.101. The van der Waals surface area contributed by atoms with Crippen LogP contribution in [0.5, 0.6) is 0 Å².